The molecule has 0 spiro atoms. The van der Waals surface area contributed by atoms with Crippen LogP contribution in [0, 0.1) is 37.2 Å². The van der Waals surface area contributed by atoms with Crippen LogP contribution >= 0.6 is 0 Å². The molecule has 385 valence electrons. The molecular weight excluding hydrogens is 1160 g/mol. The van der Waals surface area contributed by atoms with E-state index in [2.05, 4.69) is 97.9 Å². The van der Waals surface area contributed by atoms with E-state index in [1.165, 1.54) is 47.5 Å². The summed E-state index contributed by atoms with van der Waals surface area (Å²) in [6, 6.07) is 51.8. The molecule has 0 aliphatic rings. The molecule has 0 amide bonds. The molecule has 6 nitrogen and oxygen atoms in total. The van der Waals surface area contributed by atoms with Gasteiger partial charge in [0.25, 0.3) is 5.67 Å². The van der Waals surface area contributed by atoms with E-state index in [1.807, 2.05) is 54.6 Å². The number of benzene rings is 8. The number of para-hydroxylation sites is 6. The number of hydrogen-bond acceptors (Lipinski definition) is 4. The van der Waals surface area contributed by atoms with Crippen LogP contribution in [-0.4, -0.2) is 31.5 Å². The largest absolute Gasteiger partial charge is 0.499 e. The predicted octanol–water partition coefficient (Wildman–Crippen LogP) is 17.6. The van der Waals surface area contributed by atoms with Crippen molar-refractivity contribution in [1.82, 2.24) is 19.1 Å². The van der Waals surface area contributed by atoms with Gasteiger partial charge in [-0.1, -0.05) is 147 Å². The zero-order chi connectivity index (χ0) is 58.1. The molecular formula is C62H46F7IrN5O-2. The molecule has 14 heteroatoms. The van der Waals surface area contributed by atoms with Crippen LogP contribution in [-0.2, 0) is 25.8 Å². The maximum atomic E-state index is 14.5. The summed E-state index contributed by atoms with van der Waals surface area (Å²) in [5.74, 6) is 1.16. The topological polar surface area (TPSA) is 72.6 Å². The average molecular weight is 1210 g/mol. The number of aryl methyl sites for hydroxylation is 2. The summed E-state index contributed by atoms with van der Waals surface area (Å²) < 4.78 is 152. The quantitative estimate of drug-likeness (QED) is 0.112. The van der Waals surface area contributed by atoms with Gasteiger partial charge in [-0.15, -0.1) is 48.0 Å². The molecule has 11 aromatic rings. The number of aromatic nitrogens is 4. The molecule has 0 fully saturated rings. The summed E-state index contributed by atoms with van der Waals surface area (Å²) in [6.07, 6.45) is -12.7. The van der Waals surface area contributed by atoms with E-state index in [4.69, 9.17) is 17.6 Å². The molecule has 0 N–H and O–H groups in total. The van der Waals surface area contributed by atoms with Gasteiger partial charge < -0.3 is 13.6 Å². The van der Waals surface area contributed by atoms with E-state index in [9.17, 15) is 36.0 Å². The molecule has 1 radical (unpaired) electrons. The Hall–Kier alpha value is -7.85. The number of furan rings is 1. The van der Waals surface area contributed by atoms with E-state index >= 15 is 0 Å². The Morgan fingerprint density at radius 3 is 1.70 bits per heavy atom. The van der Waals surface area contributed by atoms with Crippen LogP contribution in [0.3, 0.4) is 0 Å². The minimum Gasteiger partial charge on any atom is -0.499 e. The minimum atomic E-state index is -6.33. The molecule has 0 saturated heterocycles. The second kappa shape index (κ2) is 20.4. The van der Waals surface area contributed by atoms with Gasteiger partial charge in [-0.2, -0.15) is 31.6 Å². The average Bonchev–Trinajstić information content (AvgIpc) is 4.20. The van der Waals surface area contributed by atoms with E-state index in [0.29, 0.717) is 34.6 Å². The normalized spacial score (nSPS) is 13.6. The number of fused-ring (bicyclic) bond motifs is 5. The van der Waals surface area contributed by atoms with Crippen molar-refractivity contribution in [2.24, 2.45) is 0 Å². The molecule has 76 heavy (non-hydrogen) atoms. The second-order valence-electron chi connectivity index (χ2n) is 18.5. The minimum absolute atomic E-state index is 0. The first-order chi connectivity index (χ1) is 38.3. The third kappa shape index (κ3) is 8.95. The van der Waals surface area contributed by atoms with Gasteiger partial charge in [0, 0.05) is 50.7 Å². The van der Waals surface area contributed by atoms with E-state index in [0.717, 1.165) is 54.6 Å². The van der Waals surface area contributed by atoms with Crippen molar-refractivity contribution in [1.29, 1.82) is 5.26 Å². The smallest absolute Gasteiger partial charge is 0.427 e. The molecule has 0 atom stereocenters. The zero-order valence-electron chi connectivity index (χ0n) is 46.8. The van der Waals surface area contributed by atoms with E-state index < -0.39 is 48.4 Å². The van der Waals surface area contributed by atoms with Crippen molar-refractivity contribution in [3.63, 3.8) is 0 Å². The maximum Gasteiger partial charge on any atom is 0.427 e. The fraction of sp³-hybridized carbons (Fsp3) is 0.177. The number of nitrogens with zero attached hydrogens (tertiary/aromatic N) is 5. The number of hydrogen-bond donors (Lipinski definition) is 0. The summed E-state index contributed by atoms with van der Waals surface area (Å²) in [7, 11) is 0. The second-order valence-corrected chi connectivity index (χ2v) is 18.5. The van der Waals surface area contributed by atoms with Crippen molar-refractivity contribution >= 4 is 44.0 Å². The number of imidazole rings is 2. The predicted molar refractivity (Wildman–Crippen MR) is 281 cm³/mol. The van der Waals surface area contributed by atoms with Crippen molar-refractivity contribution in [2.45, 2.75) is 71.3 Å². The van der Waals surface area contributed by atoms with Gasteiger partial charge in [0.2, 0.25) is 0 Å². The maximum absolute atomic E-state index is 14.5. The van der Waals surface area contributed by atoms with Gasteiger partial charge in [-0.25, -0.2) is 4.39 Å². The fourth-order valence-corrected chi connectivity index (χ4v) is 9.61. The first-order valence-corrected chi connectivity index (χ1v) is 23.7. The first kappa shape index (κ1) is 45.5. The van der Waals surface area contributed by atoms with Crippen molar-refractivity contribution in [3.8, 4) is 51.3 Å². The zero-order valence-corrected chi connectivity index (χ0v) is 43.2. The Labute approximate surface area is 455 Å². The van der Waals surface area contributed by atoms with Crippen molar-refractivity contribution in [3.05, 3.63) is 203 Å². The molecule has 0 aliphatic carbocycles. The Kier molecular flexibility index (Phi) is 12.2. The van der Waals surface area contributed by atoms with Crippen LogP contribution < -0.4 is 0 Å². The van der Waals surface area contributed by atoms with E-state index in [-0.39, 0.29) is 60.3 Å². The Morgan fingerprint density at radius 1 is 0.592 bits per heavy atom. The molecule has 0 saturated carbocycles. The molecule has 3 heterocycles. The van der Waals surface area contributed by atoms with Crippen LogP contribution in [0.25, 0.3) is 89.3 Å². The first-order valence-electron chi connectivity index (χ1n) is 26.7. The van der Waals surface area contributed by atoms with Crippen LogP contribution in [0.15, 0.2) is 162 Å². The van der Waals surface area contributed by atoms with Crippen LogP contribution in [0.2, 0.25) is 0 Å². The summed E-state index contributed by atoms with van der Waals surface area (Å²) >= 11 is 0. The van der Waals surface area contributed by atoms with Crippen LogP contribution in [0.5, 0.6) is 0 Å². The molecule has 3 aromatic heterocycles. The molecule has 8 aromatic carbocycles. The summed E-state index contributed by atoms with van der Waals surface area (Å²) in [4.78, 5) is 9.52. The third-order valence-corrected chi connectivity index (χ3v) is 13.2. The number of nitriles is 1. The van der Waals surface area contributed by atoms with Crippen molar-refractivity contribution < 1.29 is 63.5 Å². The van der Waals surface area contributed by atoms with Gasteiger partial charge in [-0.3, -0.25) is 9.97 Å². The Balaban J connectivity index is 0.000000196. The summed E-state index contributed by atoms with van der Waals surface area (Å²) in [5, 5.41) is 12.2. The number of halogens is 7. The van der Waals surface area contributed by atoms with Crippen LogP contribution in [0.1, 0.15) is 81.1 Å². The van der Waals surface area contributed by atoms with E-state index in [1.54, 1.807) is 6.07 Å². The third-order valence-electron chi connectivity index (χ3n) is 13.2. The van der Waals surface area contributed by atoms with Gasteiger partial charge in [0.05, 0.1) is 39.3 Å². The summed E-state index contributed by atoms with van der Waals surface area (Å²) in [6.45, 7) is 3.28. The Bertz CT molecular complexity index is 4160. The van der Waals surface area contributed by atoms with Gasteiger partial charge >= 0.3 is 12.4 Å². The fourth-order valence-electron chi connectivity index (χ4n) is 9.61. The Morgan fingerprint density at radius 2 is 1.14 bits per heavy atom. The summed E-state index contributed by atoms with van der Waals surface area (Å²) in [5.41, 5.74) is 1.63. The monoisotopic (exact) mass is 1210 g/mol. The van der Waals surface area contributed by atoms with Gasteiger partial charge in [0.1, 0.15) is 17.2 Å². The molecule has 0 aliphatic heterocycles. The number of rotatable bonds is 8. The SMILES string of the molecule is CC(C)c1cccc(C(C)C)c1-n1c(-c2[c-]ccc3c2oc2c(C#N)c(-c4ccccc4)ccc23)nc2ccccc21.[2H]C([2H])([2H])c1cccc(C([2H])([2H])[2H])c1-n1c(-c2[c-]cc(C(F)(C(F)(F)F)C(F)(F)F)cc2)nc2ccccc21.[Ir]. The van der Waals surface area contributed by atoms with Gasteiger partial charge in [-0.05, 0) is 77.6 Å². The molecule has 0 bridgehead atoms. The van der Waals surface area contributed by atoms with Crippen molar-refractivity contribution in [2.75, 3.05) is 0 Å². The van der Waals surface area contributed by atoms with Gasteiger partial charge in [0.15, 0.2) is 0 Å². The molecule has 11 rings (SSSR count). The molecule has 0 unspecified atom stereocenters. The van der Waals surface area contributed by atoms with Crippen LogP contribution in [0.4, 0.5) is 30.7 Å². The number of alkyl halides is 7. The standard InChI is InChI=1S/C38H30N3O.C24H16F7N2.Ir/c1-23(2)26-14-10-15-27(24(3)4)35(26)41-34-19-9-8-18-33(34)40-38(41)31-17-11-16-29-30-21-20-28(25-12-6-5-7-13-25)32(22-39)37(30)42-36(29)31;1-14-6-5-7-15(2)20(14)33-19-9-4-3-8-18(19)32-21(33)16-10-12-17(13-11-16)22(25,23(26,27)28)24(29,30)31;/h5-16,18-21,23-24H,1-4H3;3-10,12-13H,1-2H3;/q2*-1;/i;1D3,2D3;.